The van der Waals surface area contributed by atoms with E-state index in [1.165, 1.54) is 27.9 Å². The summed E-state index contributed by atoms with van der Waals surface area (Å²) < 4.78 is 4.25. The molecule has 4 aromatic rings. The number of carbonyl (C=O) groups excluding carboxylic acids is 1. The summed E-state index contributed by atoms with van der Waals surface area (Å²) in [7, 11) is 1.59. The second-order valence-corrected chi connectivity index (χ2v) is 17.7. The number of amides is 1. The van der Waals surface area contributed by atoms with Crippen LogP contribution < -0.4 is 25.2 Å². The van der Waals surface area contributed by atoms with Crippen LogP contribution in [-0.2, 0) is 22.7 Å². The second kappa shape index (κ2) is 15.9. The van der Waals surface area contributed by atoms with Gasteiger partial charge in [-0.3, -0.25) is 33.2 Å². The highest BCUT2D eigenvalue weighted by Crippen LogP contribution is 2.52. The Morgan fingerprint density at radius 2 is 1.75 bits per heavy atom. The SMILES string of the molecule is CCCC(C)C.CCn1c(=O)/c(=c2\s/c(=C\c3ccc4c(c3)C3CCCC3N4c3ccc(S)cc3)c(=O)n2CC(=O)O)s/c1=C1/SC(=S)N(C)C1=O. The van der Waals surface area contributed by atoms with Crippen molar-refractivity contribution in [2.45, 2.75) is 89.7 Å². The zero-order valence-corrected chi connectivity index (χ0v) is 33.9. The number of aromatic nitrogens is 2. The summed E-state index contributed by atoms with van der Waals surface area (Å²) in [6.45, 7) is 8.22. The van der Waals surface area contributed by atoms with Crippen molar-refractivity contribution in [3.8, 4) is 0 Å². The first-order valence-corrected chi connectivity index (χ1v) is 20.8. The van der Waals surface area contributed by atoms with Crippen LogP contribution in [0.2, 0.25) is 0 Å². The Balaban J connectivity index is 0.000000715. The number of nitrogens with zero attached hydrogens (tertiary/aromatic N) is 4. The van der Waals surface area contributed by atoms with Crippen LogP contribution in [0.1, 0.15) is 76.8 Å². The number of thioether (sulfide) groups is 1. The molecule has 274 valence electrons. The molecular weight excluding hydrogens is 753 g/mol. The molecule has 0 radical (unpaired) electrons. The molecule has 2 unspecified atom stereocenters. The van der Waals surface area contributed by atoms with Crippen molar-refractivity contribution in [1.29, 1.82) is 0 Å². The van der Waals surface area contributed by atoms with Gasteiger partial charge >= 0.3 is 5.97 Å². The summed E-state index contributed by atoms with van der Waals surface area (Å²) in [5, 5.41) is 9.70. The number of carboxylic acids is 1. The molecule has 0 spiro atoms. The van der Waals surface area contributed by atoms with E-state index in [0.29, 0.717) is 36.9 Å². The number of thiol groups is 1. The Labute approximate surface area is 325 Å². The van der Waals surface area contributed by atoms with Crippen LogP contribution >= 0.6 is 59.3 Å². The van der Waals surface area contributed by atoms with Crippen molar-refractivity contribution in [2.24, 2.45) is 5.92 Å². The minimum Gasteiger partial charge on any atom is -0.480 e. The van der Waals surface area contributed by atoms with Gasteiger partial charge in [0, 0.05) is 41.8 Å². The maximum absolute atomic E-state index is 13.7. The largest absolute Gasteiger partial charge is 0.480 e. The first kappa shape index (κ1) is 38.3. The third kappa shape index (κ3) is 7.37. The van der Waals surface area contributed by atoms with Gasteiger partial charge in [0.1, 0.15) is 29.6 Å². The van der Waals surface area contributed by atoms with Gasteiger partial charge < -0.3 is 10.0 Å². The van der Waals surface area contributed by atoms with Crippen LogP contribution in [0, 0.1) is 15.1 Å². The second-order valence-electron chi connectivity index (χ2n) is 13.5. The van der Waals surface area contributed by atoms with Crippen molar-refractivity contribution in [3.63, 3.8) is 0 Å². The molecule has 2 aromatic heterocycles. The van der Waals surface area contributed by atoms with E-state index in [1.54, 1.807) is 20.0 Å². The van der Waals surface area contributed by atoms with Gasteiger partial charge in [-0.25, -0.2) is 0 Å². The number of carbonyl (C=O) groups is 2. The molecule has 1 saturated heterocycles. The number of hydrogen-bond donors (Lipinski definition) is 2. The standard InChI is InChI=1S/C32H28N4O5S5.C6H14/c1-3-34-29(41)26(45-30(34)25-28(40)33(2)32(43)46-25)31-35(15-24(37)38)27(39)23(44-31)14-16-7-12-22-20(13-16)19-5-4-6-21(19)36(22)17-8-10-18(42)11-9-17;1-4-5-6(2)3/h7-14,19,21,42H,3-6,15H2,1-2H3,(H,37,38);6H,4-5H2,1-3H3/b23-14-,30-25+,31-26+;. The van der Waals surface area contributed by atoms with Crippen LogP contribution in [0.25, 0.3) is 11.0 Å². The van der Waals surface area contributed by atoms with Gasteiger partial charge in [0.15, 0.2) is 0 Å². The van der Waals surface area contributed by atoms with Gasteiger partial charge in [-0.05, 0) is 79.3 Å². The lowest BCUT2D eigenvalue weighted by molar-refractivity contribution is -0.137. The number of thiazole rings is 2. The van der Waals surface area contributed by atoms with Crippen LogP contribution in [0.3, 0.4) is 0 Å². The smallest absolute Gasteiger partial charge is 0.323 e. The van der Waals surface area contributed by atoms with E-state index in [-0.39, 0.29) is 20.7 Å². The molecule has 1 aliphatic carbocycles. The minimum atomic E-state index is -1.20. The summed E-state index contributed by atoms with van der Waals surface area (Å²) in [5.74, 6) is -0.222. The highest BCUT2D eigenvalue weighted by molar-refractivity contribution is 8.30. The summed E-state index contributed by atoms with van der Waals surface area (Å²) in [6, 6.07) is 14.8. The average Bonchev–Trinajstić information content (AvgIpc) is 3.90. The number of thiocarbonyl (C=S) groups is 1. The predicted molar refractivity (Wildman–Crippen MR) is 220 cm³/mol. The first-order chi connectivity index (χ1) is 24.8. The van der Waals surface area contributed by atoms with Crippen molar-refractivity contribution < 1.29 is 14.7 Å². The number of fused-ring (bicyclic) bond motifs is 3. The zero-order valence-electron chi connectivity index (χ0n) is 29.7. The molecule has 3 aliphatic rings. The minimum absolute atomic E-state index is 0.215. The van der Waals surface area contributed by atoms with E-state index >= 15 is 0 Å². The van der Waals surface area contributed by atoms with E-state index < -0.39 is 18.1 Å². The Bertz CT molecular complexity index is 2390. The van der Waals surface area contributed by atoms with Gasteiger partial charge in [0.2, 0.25) is 0 Å². The van der Waals surface area contributed by atoms with Gasteiger partial charge in [-0.2, -0.15) is 0 Å². The summed E-state index contributed by atoms with van der Waals surface area (Å²) in [6.07, 6.45) is 7.81. The molecule has 2 aromatic carbocycles. The van der Waals surface area contributed by atoms with Crippen molar-refractivity contribution in [2.75, 3.05) is 11.9 Å². The highest BCUT2D eigenvalue weighted by atomic mass is 32.2. The molecular formula is C38H42N4O5S5. The molecule has 2 fully saturated rings. The van der Waals surface area contributed by atoms with Gasteiger partial charge in [0.25, 0.3) is 17.0 Å². The van der Waals surface area contributed by atoms with E-state index in [4.69, 9.17) is 12.2 Å². The lowest BCUT2D eigenvalue weighted by Crippen LogP contribution is -2.30. The van der Waals surface area contributed by atoms with Crippen molar-refractivity contribution in [3.05, 3.63) is 92.7 Å². The Morgan fingerprint density at radius 3 is 2.35 bits per heavy atom. The number of carboxylic acid groups (broad SMARTS) is 1. The van der Waals surface area contributed by atoms with Crippen LogP contribution in [0.4, 0.5) is 11.4 Å². The van der Waals surface area contributed by atoms with Crippen LogP contribution in [0.5, 0.6) is 0 Å². The Hall–Kier alpha value is -3.43. The number of anilines is 2. The predicted octanol–water partition coefficient (Wildman–Crippen LogP) is 6.47. The molecule has 2 atom stereocenters. The maximum Gasteiger partial charge on any atom is 0.323 e. The van der Waals surface area contributed by atoms with Crippen molar-refractivity contribution in [1.82, 2.24) is 14.0 Å². The molecule has 1 amide bonds. The fourth-order valence-corrected chi connectivity index (χ4v) is 11.1. The number of aliphatic carboxylic acids is 1. The van der Waals surface area contributed by atoms with E-state index in [2.05, 4.69) is 62.6 Å². The average molecular weight is 795 g/mol. The maximum atomic E-state index is 13.7. The molecule has 1 N–H and O–H groups in total. The number of rotatable bonds is 7. The normalized spacial score (nSPS) is 20.1. The Kier molecular flexibility index (Phi) is 11.7. The summed E-state index contributed by atoms with van der Waals surface area (Å²) in [5.41, 5.74) is 3.49. The van der Waals surface area contributed by atoms with E-state index in [0.717, 1.165) is 86.0 Å². The topological polar surface area (TPSA) is 105 Å². The number of benzene rings is 2. The monoisotopic (exact) mass is 794 g/mol. The summed E-state index contributed by atoms with van der Waals surface area (Å²) in [4.78, 5) is 57.2. The third-order valence-corrected chi connectivity index (χ3v) is 14.0. The van der Waals surface area contributed by atoms with Gasteiger partial charge in [-0.15, -0.1) is 35.3 Å². The number of hydrogen-bond acceptors (Lipinski definition) is 10. The summed E-state index contributed by atoms with van der Waals surface area (Å²) >= 11 is 13.0. The van der Waals surface area contributed by atoms with Crippen molar-refractivity contribution >= 4 is 97.8 Å². The first-order valence-electron chi connectivity index (χ1n) is 17.5. The fraction of sp³-hybridized carbons (Fsp3) is 0.395. The van der Waals surface area contributed by atoms with E-state index in [1.807, 2.05) is 18.2 Å². The molecule has 4 heterocycles. The van der Waals surface area contributed by atoms with Crippen LogP contribution in [-0.4, -0.2) is 48.4 Å². The van der Waals surface area contributed by atoms with E-state index in [9.17, 15) is 24.3 Å². The lowest BCUT2D eigenvalue weighted by atomic mass is 9.96. The van der Waals surface area contributed by atoms with Gasteiger partial charge in [-0.1, -0.05) is 70.1 Å². The molecule has 52 heavy (non-hydrogen) atoms. The zero-order chi connectivity index (χ0) is 37.4. The lowest BCUT2D eigenvalue weighted by Gasteiger charge is -2.27. The molecule has 2 aliphatic heterocycles. The third-order valence-electron chi connectivity index (χ3n) is 9.56. The molecule has 0 bridgehead atoms. The Morgan fingerprint density at radius 1 is 1.02 bits per heavy atom. The van der Waals surface area contributed by atoms with Gasteiger partial charge in [0.05, 0.1) is 4.53 Å². The fourth-order valence-electron chi connectivity index (χ4n) is 7.18. The molecule has 7 rings (SSSR count). The molecule has 9 nitrogen and oxygen atoms in total. The quantitative estimate of drug-likeness (QED) is 0.162. The molecule has 1 saturated carbocycles. The highest BCUT2D eigenvalue weighted by Gasteiger charge is 2.42. The van der Waals surface area contributed by atoms with Crippen LogP contribution in [0.15, 0.2) is 56.9 Å². The molecule has 14 heteroatoms.